The van der Waals surface area contributed by atoms with Gasteiger partial charge >= 0.3 is 0 Å². The van der Waals surface area contributed by atoms with E-state index in [4.69, 9.17) is 4.74 Å². The summed E-state index contributed by atoms with van der Waals surface area (Å²) in [6.07, 6.45) is 0.716. The number of halogens is 1. The molecule has 0 aliphatic rings. The molecule has 1 unspecified atom stereocenters. The van der Waals surface area contributed by atoms with Crippen LogP contribution in [0.4, 0.5) is 10.1 Å². The second-order valence-corrected chi connectivity index (χ2v) is 8.13. The standard InChI is InChI=1S/C20H25FN2O4S/c1-4-15(3)22-20(24)14-23(17-8-6-16(21)7-9-17)28(25,26)19-12-10-18(11-13-19)27-5-2/h6-13,15H,4-5,14H2,1-3H3,(H,22,24). The molecule has 0 bridgehead atoms. The molecule has 1 N–H and O–H groups in total. The second kappa shape index (κ2) is 9.54. The number of hydrogen-bond acceptors (Lipinski definition) is 4. The second-order valence-electron chi connectivity index (χ2n) is 6.27. The van der Waals surface area contributed by atoms with Gasteiger partial charge in [-0.15, -0.1) is 0 Å². The molecule has 6 nitrogen and oxygen atoms in total. The van der Waals surface area contributed by atoms with Gasteiger partial charge in [-0.05, 0) is 68.8 Å². The van der Waals surface area contributed by atoms with E-state index in [-0.39, 0.29) is 16.6 Å². The number of ether oxygens (including phenoxy) is 1. The summed E-state index contributed by atoms with van der Waals surface area (Å²) in [4.78, 5) is 12.4. The Morgan fingerprint density at radius 3 is 2.25 bits per heavy atom. The number of nitrogens with zero attached hydrogens (tertiary/aromatic N) is 1. The molecule has 0 fully saturated rings. The number of carbonyl (C=O) groups is 1. The van der Waals surface area contributed by atoms with Crippen LogP contribution in [-0.4, -0.2) is 33.5 Å². The van der Waals surface area contributed by atoms with Crippen LogP contribution >= 0.6 is 0 Å². The minimum absolute atomic E-state index is 0.0108. The smallest absolute Gasteiger partial charge is 0.264 e. The highest BCUT2D eigenvalue weighted by atomic mass is 32.2. The van der Waals surface area contributed by atoms with E-state index in [0.29, 0.717) is 18.8 Å². The number of rotatable bonds is 9. The third-order valence-corrected chi connectivity index (χ3v) is 5.93. The van der Waals surface area contributed by atoms with Crippen molar-refractivity contribution in [3.63, 3.8) is 0 Å². The summed E-state index contributed by atoms with van der Waals surface area (Å²) < 4.78 is 46.0. The van der Waals surface area contributed by atoms with Crippen LogP contribution in [0.3, 0.4) is 0 Å². The summed E-state index contributed by atoms with van der Waals surface area (Å²) in [5.41, 5.74) is 0.203. The van der Waals surface area contributed by atoms with Crippen molar-refractivity contribution in [2.24, 2.45) is 0 Å². The Kier molecular flexibility index (Phi) is 7.39. The highest BCUT2D eigenvalue weighted by molar-refractivity contribution is 7.92. The van der Waals surface area contributed by atoms with E-state index < -0.39 is 28.3 Å². The maximum absolute atomic E-state index is 13.3. The molecule has 0 aliphatic carbocycles. The van der Waals surface area contributed by atoms with Gasteiger partial charge < -0.3 is 10.1 Å². The van der Waals surface area contributed by atoms with Gasteiger partial charge in [-0.2, -0.15) is 0 Å². The molecule has 0 saturated carbocycles. The van der Waals surface area contributed by atoms with Gasteiger partial charge in [0, 0.05) is 6.04 Å². The van der Waals surface area contributed by atoms with Crippen molar-refractivity contribution in [1.29, 1.82) is 0 Å². The van der Waals surface area contributed by atoms with Crippen molar-refractivity contribution in [2.45, 2.75) is 38.1 Å². The van der Waals surface area contributed by atoms with Gasteiger partial charge in [-0.25, -0.2) is 12.8 Å². The van der Waals surface area contributed by atoms with E-state index in [1.807, 2.05) is 20.8 Å². The van der Waals surface area contributed by atoms with Crippen LogP contribution in [0, 0.1) is 5.82 Å². The lowest BCUT2D eigenvalue weighted by atomic mass is 10.2. The van der Waals surface area contributed by atoms with Gasteiger partial charge in [-0.1, -0.05) is 6.92 Å². The molecule has 0 heterocycles. The first-order valence-electron chi connectivity index (χ1n) is 9.08. The van der Waals surface area contributed by atoms with Crippen LogP contribution in [0.5, 0.6) is 5.75 Å². The zero-order valence-electron chi connectivity index (χ0n) is 16.2. The number of benzene rings is 2. The Labute approximate surface area is 165 Å². The molecule has 28 heavy (non-hydrogen) atoms. The van der Waals surface area contributed by atoms with Crippen molar-refractivity contribution >= 4 is 21.6 Å². The van der Waals surface area contributed by atoms with E-state index in [2.05, 4.69) is 5.32 Å². The first-order valence-corrected chi connectivity index (χ1v) is 10.5. The summed E-state index contributed by atoms with van der Waals surface area (Å²) in [5, 5.41) is 2.75. The number of sulfonamides is 1. The zero-order valence-corrected chi connectivity index (χ0v) is 17.0. The Balaban J connectivity index is 2.38. The number of carbonyl (C=O) groups excluding carboxylic acids is 1. The first-order chi connectivity index (χ1) is 13.3. The Morgan fingerprint density at radius 2 is 1.71 bits per heavy atom. The lowest BCUT2D eigenvalue weighted by molar-refractivity contribution is -0.120. The van der Waals surface area contributed by atoms with Crippen molar-refractivity contribution in [2.75, 3.05) is 17.5 Å². The molecule has 0 radical (unpaired) electrons. The Morgan fingerprint density at radius 1 is 1.11 bits per heavy atom. The molecule has 2 aromatic rings. The summed E-state index contributed by atoms with van der Waals surface area (Å²) >= 11 is 0. The molecular formula is C20H25FN2O4S. The summed E-state index contributed by atoms with van der Waals surface area (Å²) in [5.74, 6) is -0.385. The quantitative estimate of drug-likeness (QED) is 0.691. The lowest BCUT2D eigenvalue weighted by Crippen LogP contribution is -2.43. The summed E-state index contributed by atoms with van der Waals surface area (Å²) in [6, 6.07) is 10.8. The highest BCUT2D eigenvalue weighted by Gasteiger charge is 2.27. The fourth-order valence-corrected chi connectivity index (χ4v) is 3.90. The van der Waals surface area contributed by atoms with Crippen LogP contribution in [0.2, 0.25) is 0 Å². The van der Waals surface area contributed by atoms with Crippen LogP contribution in [-0.2, 0) is 14.8 Å². The topological polar surface area (TPSA) is 75.7 Å². The molecule has 8 heteroatoms. The molecule has 0 spiro atoms. The highest BCUT2D eigenvalue weighted by Crippen LogP contribution is 2.25. The Bertz CT molecular complexity index is 883. The predicted molar refractivity (Wildman–Crippen MR) is 106 cm³/mol. The van der Waals surface area contributed by atoms with Crippen LogP contribution in [0.1, 0.15) is 27.2 Å². The van der Waals surface area contributed by atoms with Crippen molar-refractivity contribution in [3.05, 3.63) is 54.3 Å². The summed E-state index contributed by atoms with van der Waals surface area (Å²) in [7, 11) is -4.04. The average molecular weight is 408 g/mol. The van der Waals surface area contributed by atoms with Gasteiger partial charge in [0.15, 0.2) is 0 Å². The monoisotopic (exact) mass is 408 g/mol. The Hall–Kier alpha value is -2.61. The third kappa shape index (κ3) is 5.45. The zero-order chi connectivity index (χ0) is 20.7. The van der Waals surface area contributed by atoms with Crippen LogP contribution in [0.15, 0.2) is 53.4 Å². The van der Waals surface area contributed by atoms with E-state index in [9.17, 15) is 17.6 Å². The molecule has 0 saturated heterocycles. The fourth-order valence-electron chi connectivity index (χ4n) is 2.48. The third-order valence-electron chi connectivity index (χ3n) is 4.14. The maximum atomic E-state index is 13.3. The van der Waals surface area contributed by atoms with Gasteiger partial charge in [0.2, 0.25) is 5.91 Å². The lowest BCUT2D eigenvalue weighted by Gasteiger charge is -2.25. The van der Waals surface area contributed by atoms with E-state index in [1.54, 1.807) is 12.1 Å². The van der Waals surface area contributed by atoms with Gasteiger partial charge in [0.05, 0.1) is 17.2 Å². The minimum Gasteiger partial charge on any atom is -0.494 e. The average Bonchev–Trinajstić information content (AvgIpc) is 2.67. The molecular weight excluding hydrogens is 383 g/mol. The summed E-state index contributed by atoms with van der Waals surface area (Å²) in [6.45, 7) is 5.63. The van der Waals surface area contributed by atoms with Crippen molar-refractivity contribution in [1.82, 2.24) is 5.32 Å². The SMILES string of the molecule is CCOc1ccc(S(=O)(=O)N(CC(=O)NC(C)CC)c2ccc(F)cc2)cc1. The number of nitrogens with one attached hydrogen (secondary N) is 1. The van der Waals surface area contributed by atoms with Crippen LogP contribution < -0.4 is 14.4 Å². The maximum Gasteiger partial charge on any atom is 0.264 e. The molecule has 1 atom stereocenters. The minimum atomic E-state index is -4.04. The molecule has 152 valence electrons. The van der Waals surface area contributed by atoms with E-state index in [1.165, 1.54) is 24.3 Å². The molecule has 1 amide bonds. The van der Waals surface area contributed by atoms with E-state index in [0.717, 1.165) is 16.4 Å². The number of hydrogen-bond donors (Lipinski definition) is 1. The number of anilines is 1. The fraction of sp³-hybridized carbons (Fsp3) is 0.350. The number of amides is 1. The molecule has 2 aromatic carbocycles. The molecule has 0 aliphatic heterocycles. The van der Waals surface area contributed by atoms with Crippen LogP contribution in [0.25, 0.3) is 0 Å². The van der Waals surface area contributed by atoms with E-state index >= 15 is 0 Å². The largest absolute Gasteiger partial charge is 0.494 e. The van der Waals surface area contributed by atoms with Gasteiger partial charge in [-0.3, -0.25) is 9.10 Å². The van der Waals surface area contributed by atoms with Gasteiger partial charge in [0.1, 0.15) is 18.1 Å². The molecule has 0 aromatic heterocycles. The van der Waals surface area contributed by atoms with Crippen molar-refractivity contribution in [3.8, 4) is 5.75 Å². The first kappa shape index (κ1) is 21.7. The van der Waals surface area contributed by atoms with Crippen molar-refractivity contribution < 1.29 is 22.3 Å². The predicted octanol–water partition coefficient (Wildman–Crippen LogP) is 3.33. The molecule has 2 rings (SSSR count). The van der Waals surface area contributed by atoms with Gasteiger partial charge in [0.25, 0.3) is 10.0 Å². The normalized spacial score (nSPS) is 12.3.